The number of nitrogens with zero attached hydrogens (tertiary/aromatic N) is 1. The average Bonchev–Trinajstić information content (AvgIpc) is 3.63. The van der Waals surface area contributed by atoms with Crippen LogP contribution in [0.4, 0.5) is 10.1 Å². The molecular formula is C29H30FN3O2. The molecular weight excluding hydrogens is 441 g/mol. The normalized spacial score (nSPS) is 17.6. The van der Waals surface area contributed by atoms with Gasteiger partial charge in [0.2, 0.25) is 5.91 Å². The van der Waals surface area contributed by atoms with Crippen LogP contribution in [0.1, 0.15) is 67.1 Å². The topological polar surface area (TPSA) is 70.6 Å². The highest BCUT2D eigenvalue weighted by Gasteiger charge is 2.44. The van der Waals surface area contributed by atoms with E-state index in [-0.39, 0.29) is 28.7 Å². The van der Waals surface area contributed by atoms with E-state index in [0.29, 0.717) is 11.4 Å². The number of carbonyl (C=O) groups excluding carboxylic acids is 2. The zero-order valence-electron chi connectivity index (χ0n) is 20.4. The third-order valence-corrected chi connectivity index (χ3v) is 6.32. The minimum atomic E-state index is -0.579. The first-order valence-electron chi connectivity index (χ1n) is 11.7. The Balaban J connectivity index is 1.36. The molecule has 0 radical (unpaired) electrons. The largest absolute Gasteiger partial charge is 0.322 e. The molecule has 0 aromatic heterocycles. The molecule has 0 bridgehead atoms. The van der Waals surface area contributed by atoms with Gasteiger partial charge in [0.15, 0.2) is 0 Å². The summed E-state index contributed by atoms with van der Waals surface area (Å²) in [6.07, 6.45) is 0.812. The summed E-state index contributed by atoms with van der Waals surface area (Å²) in [5, 5.41) is 6.97. The molecule has 5 nitrogen and oxygen atoms in total. The van der Waals surface area contributed by atoms with E-state index in [9.17, 15) is 14.0 Å². The van der Waals surface area contributed by atoms with E-state index in [4.69, 9.17) is 0 Å². The Morgan fingerprint density at radius 1 is 0.971 bits per heavy atom. The number of hydrogen-bond acceptors (Lipinski definition) is 3. The number of benzene rings is 3. The summed E-state index contributed by atoms with van der Waals surface area (Å²) in [7, 11) is 0. The number of amides is 2. The van der Waals surface area contributed by atoms with Gasteiger partial charge in [-0.3, -0.25) is 9.59 Å². The van der Waals surface area contributed by atoms with Crippen molar-refractivity contribution in [3.63, 3.8) is 0 Å². The number of anilines is 1. The predicted molar refractivity (Wildman–Crippen MR) is 137 cm³/mol. The van der Waals surface area contributed by atoms with Crippen molar-refractivity contribution in [1.29, 1.82) is 0 Å². The number of hydrogen-bond donors (Lipinski definition) is 2. The van der Waals surface area contributed by atoms with Gasteiger partial charge in [0.05, 0.1) is 11.3 Å². The van der Waals surface area contributed by atoms with E-state index in [1.165, 1.54) is 29.3 Å². The van der Waals surface area contributed by atoms with Gasteiger partial charge in [-0.25, -0.2) is 9.82 Å². The van der Waals surface area contributed by atoms with Gasteiger partial charge in [0.25, 0.3) is 5.91 Å². The Morgan fingerprint density at radius 3 is 2.37 bits per heavy atom. The first-order valence-corrected chi connectivity index (χ1v) is 11.7. The van der Waals surface area contributed by atoms with Crippen LogP contribution in [-0.4, -0.2) is 17.5 Å². The number of carbonyl (C=O) groups is 2. The van der Waals surface area contributed by atoms with Crippen LogP contribution in [0.3, 0.4) is 0 Å². The van der Waals surface area contributed by atoms with Crippen LogP contribution >= 0.6 is 0 Å². The van der Waals surface area contributed by atoms with Crippen molar-refractivity contribution >= 4 is 23.2 Å². The molecule has 2 atom stereocenters. The first kappa shape index (κ1) is 24.3. The highest BCUT2D eigenvalue weighted by Crippen LogP contribution is 2.47. The molecule has 35 heavy (non-hydrogen) atoms. The van der Waals surface area contributed by atoms with Crippen LogP contribution in [0.2, 0.25) is 0 Å². The van der Waals surface area contributed by atoms with Crippen molar-refractivity contribution in [3.8, 4) is 0 Å². The van der Waals surface area contributed by atoms with Crippen LogP contribution in [0, 0.1) is 11.7 Å². The maximum atomic E-state index is 13.9. The lowest BCUT2D eigenvalue weighted by atomic mass is 9.86. The minimum Gasteiger partial charge on any atom is -0.322 e. The standard InChI is InChI=1S/C29H30FN3O2/c1-18(20-8-7-9-22(16-20)31-27(34)23-10-5-6-11-26(23)30)32-33-28(35)25-17-24(25)19-12-14-21(15-13-19)29(2,3)4/h5-16,24-25H,17H2,1-4H3,(H,31,34)(H,33,35)/b32-18+/t24-,25-/m1/s1. The van der Waals surface area contributed by atoms with Crippen molar-refractivity contribution in [3.05, 3.63) is 101 Å². The quantitative estimate of drug-likeness (QED) is 0.341. The molecule has 6 heteroatoms. The molecule has 2 amide bonds. The summed E-state index contributed by atoms with van der Waals surface area (Å²) in [4.78, 5) is 25.0. The van der Waals surface area contributed by atoms with Crippen molar-refractivity contribution in [2.24, 2.45) is 11.0 Å². The van der Waals surface area contributed by atoms with Gasteiger partial charge in [-0.15, -0.1) is 0 Å². The van der Waals surface area contributed by atoms with Gasteiger partial charge >= 0.3 is 0 Å². The van der Waals surface area contributed by atoms with E-state index in [1.54, 1.807) is 31.2 Å². The Labute approximate surface area is 205 Å². The van der Waals surface area contributed by atoms with Crippen molar-refractivity contribution in [2.45, 2.75) is 45.4 Å². The Morgan fingerprint density at radius 2 is 1.69 bits per heavy atom. The molecule has 0 spiro atoms. The molecule has 1 fully saturated rings. The fourth-order valence-corrected chi connectivity index (χ4v) is 4.04. The molecule has 1 aliphatic carbocycles. The van der Waals surface area contributed by atoms with Gasteiger partial charge in [0.1, 0.15) is 5.82 Å². The highest BCUT2D eigenvalue weighted by atomic mass is 19.1. The number of rotatable bonds is 6. The van der Waals surface area contributed by atoms with E-state index >= 15 is 0 Å². The maximum Gasteiger partial charge on any atom is 0.258 e. The second kappa shape index (κ2) is 9.82. The van der Waals surface area contributed by atoms with Crippen LogP contribution in [0.5, 0.6) is 0 Å². The van der Waals surface area contributed by atoms with E-state index < -0.39 is 11.7 Å². The van der Waals surface area contributed by atoms with E-state index in [1.807, 2.05) is 6.07 Å². The molecule has 1 aliphatic rings. The summed E-state index contributed by atoms with van der Waals surface area (Å²) < 4.78 is 13.9. The smallest absolute Gasteiger partial charge is 0.258 e. The lowest BCUT2D eigenvalue weighted by molar-refractivity contribution is -0.122. The van der Waals surface area contributed by atoms with Gasteiger partial charge in [-0.2, -0.15) is 5.10 Å². The van der Waals surface area contributed by atoms with E-state index in [0.717, 1.165) is 12.0 Å². The monoisotopic (exact) mass is 471 g/mol. The van der Waals surface area contributed by atoms with Crippen molar-refractivity contribution < 1.29 is 14.0 Å². The fraction of sp³-hybridized carbons (Fsp3) is 0.276. The first-order chi connectivity index (χ1) is 16.6. The number of hydrazone groups is 1. The Bertz CT molecular complexity index is 1280. The molecule has 3 aromatic rings. The molecule has 4 rings (SSSR count). The van der Waals surface area contributed by atoms with Gasteiger partial charge < -0.3 is 5.32 Å². The Hall–Kier alpha value is -3.80. The van der Waals surface area contributed by atoms with Crippen LogP contribution < -0.4 is 10.7 Å². The number of nitrogens with one attached hydrogen (secondary N) is 2. The zero-order chi connectivity index (χ0) is 25.2. The summed E-state index contributed by atoms with van der Waals surface area (Å²) in [5.41, 5.74) is 7.06. The lowest BCUT2D eigenvalue weighted by Crippen LogP contribution is -2.21. The molecule has 0 saturated heterocycles. The molecule has 180 valence electrons. The van der Waals surface area contributed by atoms with Gasteiger partial charge in [0, 0.05) is 11.6 Å². The van der Waals surface area contributed by atoms with Gasteiger partial charge in [-0.1, -0.05) is 69.3 Å². The summed E-state index contributed by atoms with van der Waals surface area (Å²) >= 11 is 0. The number of halogens is 1. The molecule has 0 heterocycles. The second-order valence-corrected chi connectivity index (χ2v) is 10.0. The summed E-state index contributed by atoms with van der Waals surface area (Å²) in [5.74, 6) is -1.07. The molecule has 0 aliphatic heterocycles. The predicted octanol–water partition coefficient (Wildman–Crippen LogP) is 6.02. The highest BCUT2D eigenvalue weighted by molar-refractivity contribution is 6.06. The van der Waals surface area contributed by atoms with Crippen LogP contribution in [-0.2, 0) is 10.2 Å². The van der Waals surface area contributed by atoms with Crippen molar-refractivity contribution in [2.75, 3.05) is 5.32 Å². The van der Waals surface area contributed by atoms with Gasteiger partial charge in [-0.05, 0) is 65.6 Å². The molecule has 2 N–H and O–H groups in total. The molecule has 0 unspecified atom stereocenters. The molecule has 1 saturated carbocycles. The lowest BCUT2D eigenvalue weighted by Gasteiger charge is -2.19. The SMILES string of the molecule is C/C(=N\NC(=O)[C@@H]1C[C@@H]1c1ccc(C(C)(C)C)cc1)c1cccc(NC(=O)c2ccccc2F)c1. The third kappa shape index (κ3) is 5.83. The maximum absolute atomic E-state index is 13.9. The zero-order valence-corrected chi connectivity index (χ0v) is 20.4. The van der Waals surface area contributed by atoms with E-state index in [2.05, 4.69) is 60.9 Å². The van der Waals surface area contributed by atoms with Crippen molar-refractivity contribution in [1.82, 2.24) is 5.43 Å². The summed E-state index contributed by atoms with van der Waals surface area (Å²) in [6.45, 7) is 8.33. The minimum absolute atomic E-state index is 0.0254. The van der Waals surface area contributed by atoms with Crippen LogP contribution in [0.25, 0.3) is 0 Å². The van der Waals surface area contributed by atoms with Crippen LogP contribution in [0.15, 0.2) is 77.9 Å². The fourth-order valence-electron chi connectivity index (χ4n) is 4.04. The average molecular weight is 472 g/mol. The second-order valence-electron chi connectivity index (χ2n) is 10.0. The third-order valence-electron chi connectivity index (χ3n) is 6.32. The summed E-state index contributed by atoms with van der Waals surface area (Å²) in [6, 6.07) is 21.4. The Kier molecular flexibility index (Phi) is 6.83. The molecule has 3 aromatic carbocycles.